The quantitative estimate of drug-likeness (QED) is 0.683. The number of hydrogen-bond acceptors (Lipinski definition) is 6. The van der Waals surface area contributed by atoms with E-state index in [0.717, 1.165) is 0 Å². The van der Waals surface area contributed by atoms with Crippen LogP contribution in [-0.4, -0.2) is 62.3 Å². The van der Waals surface area contributed by atoms with Crippen molar-refractivity contribution in [3.05, 3.63) is 65.7 Å². The first-order chi connectivity index (χ1) is 13.9. The molecule has 1 amide bonds. The van der Waals surface area contributed by atoms with Crippen molar-refractivity contribution in [3.63, 3.8) is 0 Å². The van der Waals surface area contributed by atoms with Gasteiger partial charge in [-0.25, -0.2) is 13.2 Å². The number of carbonyl (C=O) groups excluding carboxylic acids is 2. The molecule has 0 bridgehead atoms. The molecule has 1 heterocycles. The highest BCUT2D eigenvalue weighted by molar-refractivity contribution is 7.89. The molecule has 0 spiro atoms. The van der Waals surface area contributed by atoms with Crippen LogP contribution < -0.4 is 0 Å². The first-order valence-electron chi connectivity index (χ1n) is 8.92. The van der Waals surface area contributed by atoms with Crippen molar-refractivity contribution in [3.8, 4) is 6.07 Å². The first kappa shape index (κ1) is 20.5. The number of amides is 1. The summed E-state index contributed by atoms with van der Waals surface area (Å²) in [6.45, 7) is 0.363. The van der Waals surface area contributed by atoms with Gasteiger partial charge in [0.05, 0.1) is 22.1 Å². The molecule has 8 nitrogen and oxygen atoms in total. The SMILES string of the molecule is N#Cc1ccc(C(=O)OCC(=O)N2CCN(S(=O)(=O)c3ccccc3)CC2)cc1. The van der Waals surface area contributed by atoms with Crippen LogP contribution in [0.25, 0.3) is 0 Å². The summed E-state index contributed by atoms with van der Waals surface area (Å²) in [4.78, 5) is 26.0. The van der Waals surface area contributed by atoms with Gasteiger partial charge < -0.3 is 9.64 Å². The molecule has 0 atom stereocenters. The molecule has 1 fully saturated rings. The number of esters is 1. The Balaban J connectivity index is 1.51. The minimum absolute atomic E-state index is 0.173. The summed E-state index contributed by atoms with van der Waals surface area (Å²) in [6, 6.07) is 16.0. The Labute approximate surface area is 169 Å². The predicted molar refractivity (Wildman–Crippen MR) is 103 cm³/mol. The molecule has 9 heteroatoms. The summed E-state index contributed by atoms with van der Waals surface area (Å²) < 4.78 is 31.6. The topological polar surface area (TPSA) is 108 Å². The standard InChI is InChI=1S/C20H19N3O5S/c21-14-16-6-8-17(9-7-16)20(25)28-15-19(24)22-10-12-23(13-11-22)29(26,27)18-4-2-1-3-5-18/h1-9H,10-13,15H2. The second-order valence-corrected chi connectivity index (χ2v) is 8.30. The molecular weight excluding hydrogens is 394 g/mol. The molecular formula is C20H19N3O5S. The van der Waals surface area contributed by atoms with Gasteiger partial charge in [-0.05, 0) is 36.4 Å². The van der Waals surface area contributed by atoms with Crippen molar-refractivity contribution >= 4 is 21.9 Å². The van der Waals surface area contributed by atoms with Crippen LogP contribution in [0.5, 0.6) is 0 Å². The van der Waals surface area contributed by atoms with Gasteiger partial charge in [0.2, 0.25) is 10.0 Å². The average Bonchev–Trinajstić information content (AvgIpc) is 2.78. The lowest BCUT2D eigenvalue weighted by Gasteiger charge is -2.33. The van der Waals surface area contributed by atoms with Gasteiger partial charge in [0.25, 0.3) is 5.91 Å². The summed E-state index contributed by atoms with van der Waals surface area (Å²) in [5.74, 6) is -1.04. The van der Waals surface area contributed by atoms with Gasteiger partial charge in [-0.15, -0.1) is 0 Å². The lowest BCUT2D eigenvalue weighted by Crippen LogP contribution is -2.51. The van der Waals surface area contributed by atoms with Crippen LogP contribution in [0, 0.1) is 11.3 Å². The normalized spacial score (nSPS) is 14.8. The first-order valence-corrected chi connectivity index (χ1v) is 10.4. The Morgan fingerprint density at radius 3 is 2.17 bits per heavy atom. The van der Waals surface area contributed by atoms with E-state index in [4.69, 9.17) is 10.00 Å². The summed E-state index contributed by atoms with van der Waals surface area (Å²) in [5, 5.41) is 8.76. The van der Waals surface area contributed by atoms with Gasteiger partial charge >= 0.3 is 5.97 Å². The number of ether oxygens (including phenoxy) is 1. The summed E-state index contributed by atoms with van der Waals surface area (Å²) in [5.41, 5.74) is 0.663. The Kier molecular flexibility index (Phi) is 6.26. The molecule has 0 saturated carbocycles. The lowest BCUT2D eigenvalue weighted by atomic mass is 10.1. The van der Waals surface area contributed by atoms with Gasteiger partial charge in [0.1, 0.15) is 0 Å². The van der Waals surface area contributed by atoms with Crippen LogP contribution in [0.3, 0.4) is 0 Å². The zero-order chi connectivity index (χ0) is 20.9. The van der Waals surface area contributed by atoms with Crippen LogP contribution >= 0.6 is 0 Å². The fourth-order valence-electron chi connectivity index (χ4n) is 2.90. The fourth-order valence-corrected chi connectivity index (χ4v) is 4.35. The molecule has 0 N–H and O–H groups in total. The van der Waals surface area contributed by atoms with E-state index in [2.05, 4.69) is 0 Å². The van der Waals surface area contributed by atoms with Crippen LogP contribution in [0.4, 0.5) is 0 Å². The van der Waals surface area contributed by atoms with E-state index >= 15 is 0 Å². The van der Waals surface area contributed by atoms with Crippen molar-refractivity contribution in [2.45, 2.75) is 4.90 Å². The van der Waals surface area contributed by atoms with E-state index < -0.39 is 22.6 Å². The number of rotatable bonds is 5. The Morgan fingerprint density at radius 2 is 1.59 bits per heavy atom. The molecule has 0 unspecified atom stereocenters. The number of benzene rings is 2. The van der Waals surface area contributed by atoms with Gasteiger partial charge in [-0.1, -0.05) is 18.2 Å². The Morgan fingerprint density at radius 1 is 0.966 bits per heavy atom. The van der Waals surface area contributed by atoms with E-state index in [1.54, 1.807) is 18.2 Å². The van der Waals surface area contributed by atoms with Crippen molar-refractivity contribution in [2.24, 2.45) is 0 Å². The summed E-state index contributed by atoms with van der Waals surface area (Å²) in [7, 11) is -3.59. The number of carbonyl (C=O) groups is 2. The molecule has 2 aromatic carbocycles. The van der Waals surface area contributed by atoms with E-state index in [-0.39, 0.29) is 42.5 Å². The van der Waals surface area contributed by atoms with Crippen molar-refractivity contribution in [2.75, 3.05) is 32.8 Å². The molecule has 29 heavy (non-hydrogen) atoms. The van der Waals surface area contributed by atoms with E-state index in [1.807, 2.05) is 6.07 Å². The largest absolute Gasteiger partial charge is 0.452 e. The predicted octanol–water partition coefficient (Wildman–Crippen LogP) is 1.25. The highest BCUT2D eigenvalue weighted by Crippen LogP contribution is 2.17. The zero-order valence-electron chi connectivity index (χ0n) is 15.5. The number of nitrogens with zero attached hydrogens (tertiary/aromatic N) is 3. The Bertz CT molecular complexity index is 1020. The lowest BCUT2D eigenvalue weighted by molar-refractivity contribution is -0.135. The van der Waals surface area contributed by atoms with E-state index in [9.17, 15) is 18.0 Å². The fraction of sp³-hybridized carbons (Fsp3) is 0.250. The van der Waals surface area contributed by atoms with Crippen molar-refractivity contribution in [1.29, 1.82) is 5.26 Å². The molecule has 3 rings (SSSR count). The molecule has 0 aliphatic carbocycles. The number of nitriles is 1. The van der Waals surface area contributed by atoms with E-state index in [1.165, 1.54) is 45.6 Å². The maximum Gasteiger partial charge on any atom is 0.338 e. The highest BCUT2D eigenvalue weighted by atomic mass is 32.2. The molecule has 1 saturated heterocycles. The molecule has 2 aromatic rings. The van der Waals surface area contributed by atoms with Crippen molar-refractivity contribution < 1.29 is 22.7 Å². The smallest absolute Gasteiger partial charge is 0.338 e. The monoisotopic (exact) mass is 413 g/mol. The molecule has 150 valence electrons. The van der Waals surface area contributed by atoms with Crippen LogP contribution in [0.15, 0.2) is 59.5 Å². The average molecular weight is 413 g/mol. The third-order valence-corrected chi connectivity index (χ3v) is 6.46. The van der Waals surface area contributed by atoms with Gasteiger partial charge in [0.15, 0.2) is 6.61 Å². The van der Waals surface area contributed by atoms with Gasteiger partial charge in [-0.2, -0.15) is 9.57 Å². The maximum atomic E-state index is 12.6. The number of piperazine rings is 1. The van der Waals surface area contributed by atoms with Crippen LogP contribution in [0.2, 0.25) is 0 Å². The zero-order valence-corrected chi connectivity index (χ0v) is 16.3. The van der Waals surface area contributed by atoms with Gasteiger partial charge in [0, 0.05) is 26.2 Å². The van der Waals surface area contributed by atoms with Crippen LogP contribution in [-0.2, 0) is 19.6 Å². The minimum Gasteiger partial charge on any atom is -0.452 e. The van der Waals surface area contributed by atoms with Crippen LogP contribution in [0.1, 0.15) is 15.9 Å². The molecule has 0 aromatic heterocycles. The maximum absolute atomic E-state index is 12.6. The molecule has 0 radical (unpaired) electrons. The Hall–Kier alpha value is -3.22. The molecule has 1 aliphatic rings. The molecule has 1 aliphatic heterocycles. The second-order valence-electron chi connectivity index (χ2n) is 6.36. The minimum atomic E-state index is -3.59. The van der Waals surface area contributed by atoms with Crippen molar-refractivity contribution in [1.82, 2.24) is 9.21 Å². The second kappa shape index (κ2) is 8.86. The summed E-state index contributed by atoms with van der Waals surface area (Å²) in [6.07, 6.45) is 0. The number of hydrogen-bond donors (Lipinski definition) is 0. The highest BCUT2D eigenvalue weighted by Gasteiger charge is 2.30. The number of sulfonamides is 1. The van der Waals surface area contributed by atoms with E-state index in [0.29, 0.717) is 5.56 Å². The van der Waals surface area contributed by atoms with Gasteiger partial charge in [-0.3, -0.25) is 4.79 Å². The third-order valence-electron chi connectivity index (χ3n) is 4.55. The third kappa shape index (κ3) is 4.80. The summed E-state index contributed by atoms with van der Waals surface area (Å²) >= 11 is 0.